The molecule has 1 N–H and O–H groups in total. The Labute approximate surface area is 149 Å². The first-order valence-corrected chi connectivity index (χ1v) is 8.42. The van der Waals surface area contributed by atoms with Crippen LogP contribution < -0.4 is 5.32 Å². The second kappa shape index (κ2) is 6.61. The third kappa shape index (κ3) is 3.12. The van der Waals surface area contributed by atoms with Gasteiger partial charge in [0.25, 0.3) is 5.91 Å². The zero-order valence-electron chi connectivity index (χ0n) is 13.2. The van der Waals surface area contributed by atoms with E-state index in [1.165, 1.54) is 4.90 Å². The third-order valence-corrected chi connectivity index (χ3v) is 4.57. The molecule has 3 amide bonds. The van der Waals surface area contributed by atoms with Crippen molar-refractivity contribution in [3.8, 4) is 0 Å². The van der Waals surface area contributed by atoms with Gasteiger partial charge in [-0.15, -0.1) is 0 Å². The highest BCUT2D eigenvalue weighted by atomic mass is 79.9. The van der Waals surface area contributed by atoms with Crippen molar-refractivity contribution in [2.75, 3.05) is 6.54 Å². The Morgan fingerprint density at radius 2 is 1.88 bits per heavy atom. The van der Waals surface area contributed by atoms with Gasteiger partial charge in [0.05, 0.1) is 0 Å². The maximum atomic E-state index is 12.8. The second-order valence-corrected chi connectivity index (χ2v) is 6.71. The van der Waals surface area contributed by atoms with E-state index >= 15 is 0 Å². The largest absolute Gasteiger partial charge is 0.325 e. The highest BCUT2D eigenvalue weighted by molar-refractivity contribution is 9.10. The summed E-state index contributed by atoms with van der Waals surface area (Å²) in [6, 6.07) is 16.8. The summed E-state index contributed by atoms with van der Waals surface area (Å²) in [5.74, 6) is -0.247. The van der Waals surface area contributed by atoms with Gasteiger partial charge >= 0.3 is 6.03 Å². The number of amides is 3. The van der Waals surface area contributed by atoms with Crippen molar-refractivity contribution < 1.29 is 9.59 Å². The second-order valence-electron chi connectivity index (χ2n) is 5.79. The summed E-state index contributed by atoms with van der Waals surface area (Å²) >= 11 is 3.40. The number of imide groups is 1. The molecule has 5 heteroatoms. The maximum Gasteiger partial charge on any atom is 0.325 e. The third-order valence-electron chi connectivity index (χ3n) is 4.07. The van der Waals surface area contributed by atoms with Crippen LogP contribution in [0.25, 0.3) is 6.08 Å². The van der Waals surface area contributed by atoms with Gasteiger partial charge in [0.2, 0.25) is 0 Å². The fourth-order valence-corrected chi connectivity index (χ4v) is 3.12. The molecular formula is C19H17BrN2O2. The summed E-state index contributed by atoms with van der Waals surface area (Å²) in [6.45, 7) is 1.97. The Balaban J connectivity index is 1.78. The van der Waals surface area contributed by atoms with Gasteiger partial charge < -0.3 is 5.32 Å². The fraction of sp³-hybridized carbons (Fsp3) is 0.158. The molecule has 2 aromatic rings. The van der Waals surface area contributed by atoms with Crippen LogP contribution in [0.4, 0.5) is 4.79 Å². The first-order valence-electron chi connectivity index (χ1n) is 7.62. The Bertz CT molecular complexity index is 804. The molecule has 4 nitrogen and oxygen atoms in total. The van der Waals surface area contributed by atoms with E-state index in [1.54, 1.807) is 6.92 Å². The van der Waals surface area contributed by atoms with Crippen LogP contribution in [0, 0.1) is 0 Å². The summed E-state index contributed by atoms with van der Waals surface area (Å²) in [7, 11) is 0. The monoisotopic (exact) mass is 384 g/mol. The maximum absolute atomic E-state index is 12.8. The predicted molar refractivity (Wildman–Crippen MR) is 97.2 cm³/mol. The van der Waals surface area contributed by atoms with Crippen molar-refractivity contribution in [1.82, 2.24) is 10.2 Å². The first kappa shape index (κ1) is 16.5. The van der Waals surface area contributed by atoms with Crippen LogP contribution in [0.1, 0.15) is 18.1 Å². The zero-order valence-corrected chi connectivity index (χ0v) is 14.8. The van der Waals surface area contributed by atoms with Gasteiger partial charge in [-0.05, 0) is 30.2 Å². The first-order chi connectivity index (χ1) is 11.5. The molecule has 24 heavy (non-hydrogen) atoms. The molecule has 1 saturated heterocycles. The topological polar surface area (TPSA) is 49.4 Å². The minimum absolute atomic E-state index is 0.239. The van der Waals surface area contributed by atoms with Gasteiger partial charge in [-0.2, -0.15) is 0 Å². The van der Waals surface area contributed by atoms with Crippen LogP contribution in [0.2, 0.25) is 0 Å². The average Bonchev–Trinajstić information content (AvgIpc) is 2.80. The number of benzene rings is 2. The smallest absolute Gasteiger partial charge is 0.319 e. The highest BCUT2D eigenvalue weighted by Crippen LogP contribution is 2.30. The number of carbonyl (C=O) groups excluding carboxylic acids is 2. The minimum atomic E-state index is -1.04. The van der Waals surface area contributed by atoms with Crippen molar-refractivity contribution in [2.45, 2.75) is 12.5 Å². The van der Waals surface area contributed by atoms with Crippen molar-refractivity contribution in [3.63, 3.8) is 0 Å². The number of hydrogen-bond acceptors (Lipinski definition) is 2. The summed E-state index contributed by atoms with van der Waals surface area (Å²) in [5, 5.41) is 2.81. The quantitative estimate of drug-likeness (QED) is 0.811. The van der Waals surface area contributed by atoms with E-state index in [0.717, 1.165) is 15.6 Å². The molecule has 0 spiro atoms. The Kier molecular flexibility index (Phi) is 4.53. The molecule has 0 aliphatic carbocycles. The molecule has 1 unspecified atom stereocenters. The normalized spacial score (nSPS) is 20.7. The molecule has 0 bridgehead atoms. The average molecular weight is 385 g/mol. The lowest BCUT2D eigenvalue weighted by Crippen LogP contribution is -2.40. The van der Waals surface area contributed by atoms with Crippen LogP contribution >= 0.6 is 15.9 Å². The van der Waals surface area contributed by atoms with Crippen molar-refractivity contribution in [2.24, 2.45) is 0 Å². The van der Waals surface area contributed by atoms with E-state index in [1.807, 2.05) is 66.7 Å². The molecule has 1 aliphatic heterocycles. The summed E-state index contributed by atoms with van der Waals surface area (Å²) in [5.41, 5.74) is 0.741. The Morgan fingerprint density at radius 1 is 1.12 bits per heavy atom. The van der Waals surface area contributed by atoms with Crippen molar-refractivity contribution in [1.29, 1.82) is 0 Å². The van der Waals surface area contributed by atoms with Gasteiger partial charge in [-0.25, -0.2) is 4.79 Å². The van der Waals surface area contributed by atoms with Crippen LogP contribution in [-0.4, -0.2) is 23.4 Å². The molecule has 122 valence electrons. The van der Waals surface area contributed by atoms with E-state index in [2.05, 4.69) is 21.2 Å². The standard InChI is InChI=1S/C19H17BrN2O2/c1-19(15-10-5-11-16(20)13-15)17(23)22(18(24)21-19)12-6-9-14-7-3-2-4-8-14/h2-11,13H,12H2,1H3,(H,21,24)/b9-6+. The molecule has 2 aromatic carbocycles. The van der Waals surface area contributed by atoms with E-state index in [4.69, 9.17) is 0 Å². The van der Waals surface area contributed by atoms with Crippen LogP contribution in [-0.2, 0) is 10.3 Å². The number of nitrogens with one attached hydrogen (secondary N) is 1. The number of nitrogens with zero attached hydrogens (tertiary/aromatic N) is 1. The SMILES string of the molecule is CC1(c2cccc(Br)c2)NC(=O)N(C/C=C/c2ccccc2)C1=O. The summed E-state index contributed by atoms with van der Waals surface area (Å²) < 4.78 is 0.866. The predicted octanol–water partition coefficient (Wildman–Crippen LogP) is 3.93. The lowest BCUT2D eigenvalue weighted by Gasteiger charge is -2.22. The van der Waals surface area contributed by atoms with Crippen LogP contribution in [0.5, 0.6) is 0 Å². The van der Waals surface area contributed by atoms with Crippen LogP contribution in [0.3, 0.4) is 0 Å². The van der Waals surface area contributed by atoms with E-state index in [9.17, 15) is 9.59 Å². The minimum Gasteiger partial charge on any atom is -0.319 e. The van der Waals surface area contributed by atoms with Crippen LogP contribution in [0.15, 0.2) is 65.1 Å². The lowest BCUT2D eigenvalue weighted by molar-refractivity contribution is -0.130. The molecule has 3 rings (SSSR count). The molecule has 1 fully saturated rings. The number of hydrogen-bond donors (Lipinski definition) is 1. The molecular weight excluding hydrogens is 368 g/mol. The summed E-state index contributed by atoms with van der Waals surface area (Å²) in [4.78, 5) is 26.3. The molecule has 1 heterocycles. The van der Waals surface area contributed by atoms with Crippen molar-refractivity contribution >= 4 is 33.9 Å². The molecule has 0 radical (unpaired) electrons. The number of halogens is 1. The number of rotatable bonds is 4. The zero-order chi connectivity index (χ0) is 17.2. The van der Waals surface area contributed by atoms with Gasteiger partial charge in [-0.1, -0.05) is 70.5 Å². The number of urea groups is 1. The highest BCUT2D eigenvalue weighted by Gasteiger charge is 2.48. The lowest BCUT2D eigenvalue weighted by atomic mass is 9.92. The Morgan fingerprint density at radius 3 is 2.58 bits per heavy atom. The van der Waals surface area contributed by atoms with Gasteiger partial charge in [0.15, 0.2) is 0 Å². The molecule has 0 aromatic heterocycles. The fourth-order valence-electron chi connectivity index (χ4n) is 2.72. The Hall–Kier alpha value is -2.40. The van der Waals surface area contributed by atoms with E-state index in [-0.39, 0.29) is 18.5 Å². The van der Waals surface area contributed by atoms with Gasteiger partial charge in [-0.3, -0.25) is 9.69 Å². The molecule has 1 atom stereocenters. The summed E-state index contributed by atoms with van der Waals surface area (Å²) in [6.07, 6.45) is 3.72. The van der Waals surface area contributed by atoms with Gasteiger partial charge in [0, 0.05) is 11.0 Å². The van der Waals surface area contributed by atoms with Crippen molar-refractivity contribution in [3.05, 3.63) is 76.3 Å². The van der Waals surface area contributed by atoms with E-state index < -0.39 is 5.54 Å². The van der Waals surface area contributed by atoms with Gasteiger partial charge in [0.1, 0.15) is 5.54 Å². The molecule has 1 aliphatic rings. The molecule has 0 saturated carbocycles. The number of carbonyl (C=O) groups is 2. The van der Waals surface area contributed by atoms with E-state index in [0.29, 0.717) is 0 Å².